The SMILES string of the molecule is CNC1COCC1C(=O)NCC1CC=CCC1. The topological polar surface area (TPSA) is 50.4 Å². The third kappa shape index (κ3) is 3.30. The van der Waals surface area contributed by atoms with Crippen LogP contribution in [0.1, 0.15) is 19.3 Å². The lowest BCUT2D eigenvalue weighted by atomic mass is 9.94. The molecule has 0 aromatic rings. The first-order valence-corrected chi connectivity index (χ1v) is 6.49. The van der Waals surface area contributed by atoms with Gasteiger partial charge in [-0.05, 0) is 32.2 Å². The molecule has 4 nitrogen and oxygen atoms in total. The zero-order valence-electron chi connectivity index (χ0n) is 10.4. The molecule has 0 aromatic heterocycles. The van der Waals surface area contributed by atoms with Gasteiger partial charge >= 0.3 is 0 Å². The maximum absolute atomic E-state index is 12.0. The van der Waals surface area contributed by atoms with Gasteiger partial charge < -0.3 is 15.4 Å². The molecule has 96 valence electrons. The van der Waals surface area contributed by atoms with Crippen LogP contribution in [0.3, 0.4) is 0 Å². The Balaban J connectivity index is 1.74. The second kappa shape index (κ2) is 6.17. The van der Waals surface area contributed by atoms with Crippen molar-refractivity contribution in [3.63, 3.8) is 0 Å². The number of ether oxygens (including phenoxy) is 1. The van der Waals surface area contributed by atoms with E-state index in [9.17, 15) is 4.79 Å². The minimum Gasteiger partial charge on any atom is -0.379 e. The molecule has 17 heavy (non-hydrogen) atoms. The molecular formula is C13H22N2O2. The average Bonchev–Trinajstić information content (AvgIpc) is 2.85. The Morgan fingerprint density at radius 2 is 2.29 bits per heavy atom. The van der Waals surface area contributed by atoms with Crippen LogP contribution in [0.15, 0.2) is 12.2 Å². The van der Waals surface area contributed by atoms with Crippen LogP contribution in [0.25, 0.3) is 0 Å². The van der Waals surface area contributed by atoms with Gasteiger partial charge in [-0.15, -0.1) is 0 Å². The third-order valence-electron chi connectivity index (χ3n) is 3.73. The van der Waals surface area contributed by atoms with E-state index in [2.05, 4.69) is 22.8 Å². The van der Waals surface area contributed by atoms with Gasteiger partial charge in [0.15, 0.2) is 0 Å². The minimum atomic E-state index is -0.0286. The molecule has 2 aliphatic rings. The van der Waals surface area contributed by atoms with E-state index < -0.39 is 0 Å². The summed E-state index contributed by atoms with van der Waals surface area (Å²) in [5.41, 5.74) is 0. The van der Waals surface area contributed by atoms with Crippen LogP contribution in [-0.4, -0.2) is 38.8 Å². The van der Waals surface area contributed by atoms with Crippen LogP contribution in [0, 0.1) is 11.8 Å². The van der Waals surface area contributed by atoms with Crippen LogP contribution in [0.4, 0.5) is 0 Å². The number of hydrogen-bond donors (Lipinski definition) is 2. The van der Waals surface area contributed by atoms with E-state index in [0.29, 0.717) is 19.1 Å². The molecule has 0 bridgehead atoms. The summed E-state index contributed by atoms with van der Waals surface area (Å²) in [4.78, 5) is 12.0. The zero-order valence-corrected chi connectivity index (χ0v) is 10.4. The Kier molecular flexibility index (Phi) is 4.57. The van der Waals surface area contributed by atoms with Crippen molar-refractivity contribution in [2.45, 2.75) is 25.3 Å². The smallest absolute Gasteiger partial charge is 0.227 e. The summed E-state index contributed by atoms with van der Waals surface area (Å²) < 4.78 is 5.34. The van der Waals surface area contributed by atoms with Gasteiger partial charge in [-0.2, -0.15) is 0 Å². The fourth-order valence-corrected chi connectivity index (χ4v) is 2.51. The van der Waals surface area contributed by atoms with Gasteiger partial charge in [0.05, 0.1) is 19.1 Å². The van der Waals surface area contributed by atoms with E-state index in [1.54, 1.807) is 0 Å². The molecule has 1 amide bonds. The number of hydrogen-bond acceptors (Lipinski definition) is 3. The van der Waals surface area contributed by atoms with E-state index in [4.69, 9.17) is 4.74 Å². The standard InChI is InChI=1S/C13H22N2O2/c1-14-12-9-17-8-11(12)13(16)15-7-10-5-3-2-4-6-10/h2-3,10-12,14H,4-9H2,1H3,(H,15,16). The molecule has 1 fully saturated rings. The summed E-state index contributed by atoms with van der Waals surface area (Å²) in [5.74, 6) is 0.717. The molecule has 1 saturated heterocycles. The van der Waals surface area contributed by atoms with E-state index in [-0.39, 0.29) is 17.9 Å². The molecule has 2 rings (SSSR count). The summed E-state index contributed by atoms with van der Waals surface area (Å²) in [5, 5.41) is 6.20. The maximum atomic E-state index is 12.0. The van der Waals surface area contributed by atoms with Crippen LogP contribution < -0.4 is 10.6 Å². The Morgan fingerprint density at radius 1 is 1.41 bits per heavy atom. The van der Waals surface area contributed by atoms with Crippen LogP contribution in [0.2, 0.25) is 0 Å². The molecule has 0 saturated carbocycles. The molecule has 1 aliphatic carbocycles. The first-order chi connectivity index (χ1) is 8.31. The van der Waals surface area contributed by atoms with Crippen molar-refractivity contribution in [3.8, 4) is 0 Å². The van der Waals surface area contributed by atoms with E-state index in [1.807, 2.05) is 7.05 Å². The zero-order chi connectivity index (χ0) is 12.1. The Morgan fingerprint density at radius 3 is 3.00 bits per heavy atom. The number of nitrogens with one attached hydrogen (secondary N) is 2. The van der Waals surface area contributed by atoms with Gasteiger partial charge in [0.2, 0.25) is 5.91 Å². The molecule has 3 unspecified atom stereocenters. The van der Waals surface area contributed by atoms with Crippen molar-refractivity contribution in [3.05, 3.63) is 12.2 Å². The van der Waals surface area contributed by atoms with Crippen molar-refractivity contribution in [2.24, 2.45) is 11.8 Å². The number of likely N-dealkylation sites (N-methyl/N-ethyl adjacent to an activating group) is 1. The molecule has 3 atom stereocenters. The summed E-state index contributed by atoms with van der Waals surface area (Å²) in [6, 6.07) is 0.168. The highest BCUT2D eigenvalue weighted by atomic mass is 16.5. The number of rotatable bonds is 4. The normalized spacial score (nSPS) is 32.6. The lowest BCUT2D eigenvalue weighted by Crippen LogP contribution is -2.43. The lowest BCUT2D eigenvalue weighted by Gasteiger charge is -2.21. The van der Waals surface area contributed by atoms with Crippen LogP contribution in [-0.2, 0) is 9.53 Å². The Hall–Kier alpha value is -0.870. The van der Waals surface area contributed by atoms with Crippen molar-refractivity contribution in [1.82, 2.24) is 10.6 Å². The quantitative estimate of drug-likeness (QED) is 0.709. The molecule has 1 aliphatic heterocycles. The summed E-state index contributed by atoms with van der Waals surface area (Å²) >= 11 is 0. The fourth-order valence-electron chi connectivity index (χ4n) is 2.51. The molecule has 2 N–H and O–H groups in total. The van der Waals surface area contributed by atoms with Gasteiger partial charge in [-0.25, -0.2) is 0 Å². The van der Waals surface area contributed by atoms with Crippen LogP contribution >= 0.6 is 0 Å². The number of carbonyl (C=O) groups is 1. The van der Waals surface area contributed by atoms with Gasteiger partial charge in [0.25, 0.3) is 0 Å². The number of amides is 1. The average molecular weight is 238 g/mol. The van der Waals surface area contributed by atoms with Gasteiger partial charge in [-0.1, -0.05) is 12.2 Å². The molecule has 1 heterocycles. The maximum Gasteiger partial charge on any atom is 0.227 e. The predicted molar refractivity (Wildman–Crippen MR) is 66.6 cm³/mol. The predicted octanol–water partition coefficient (Wildman–Crippen LogP) is 0.693. The van der Waals surface area contributed by atoms with Gasteiger partial charge in [-0.3, -0.25) is 4.79 Å². The Labute approximate surface area is 103 Å². The first kappa shape index (κ1) is 12.6. The van der Waals surface area contributed by atoms with Crippen molar-refractivity contribution in [2.75, 3.05) is 26.8 Å². The van der Waals surface area contributed by atoms with Crippen molar-refractivity contribution < 1.29 is 9.53 Å². The highest BCUT2D eigenvalue weighted by molar-refractivity contribution is 5.79. The molecular weight excluding hydrogens is 216 g/mol. The highest BCUT2D eigenvalue weighted by Gasteiger charge is 2.32. The van der Waals surface area contributed by atoms with Gasteiger partial charge in [0, 0.05) is 12.6 Å². The lowest BCUT2D eigenvalue weighted by molar-refractivity contribution is -0.125. The minimum absolute atomic E-state index is 0.0286. The van der Waals surface area contributed by atoms with Gasteiger partial charge in [0.1, 0.15) is 0 Å². The summed E-state index contributed by atoms with van der Waals surface area (Å²) in [6.45, 7) is 1.98. The molecule has 0 radical (unpaired) electrons. The largest absolute Gasteiger partial charge is 0.379 e. The first-order valence-electron chi connectivity index (χ1n) is 6.49. The molecule has 4 heteroatoms. The number of carbonyl (C=O) groups excluding carboxylic acids is 1. The molecule has 0 aromatic carbocycles. The summed E-state index contributed by atoms with van der Waals surface area (Å²) in [6.07, 6.45) is 7.87. The summed E-state index contributed by atoms with van der Waals surface area (Å²) in [7, 11) is 1.88. The monoisotopic (exact) mass is 238 g/mol. The van der Waals surface area contributed by atoms with Crippen LogP contribution in [0.5, 0.6) is 0 Å². The number of allylic oxidation sites excluding steroid dienone is 2. The van der Waals surface area contributed by atoms with E-state index in [0.717, 1.165) is 19.4 Å². The fraction of sp³-hybridized carbons (Fsp3) is 0.769. The van der Waals surface area contributed by atoms with E-state index in [1.165, 1.54) is 6.42 Å². The second-order valence-electron chi connectivity index (χ2n) is 4.93. The highest BCUT2D eigenvalue weighted by Crippen LogP contribution is 2.18. The second-order valence-corrected chi connectivity index (χ2v) is 4.93. The molecule has 0 spiro atoms. The van der Waals surface area contributed by atoms with E-state index >= 15 is 0 Å². The Bertz CT molecular complexity index is 291. The van der Waals surface area contributed by atoms with Crippen molar-refractivity contribution >= 4 is 5.91 Å². The third-order valence-corrected chi connectivity index (χ3v) is 3.73. The van der Waals surface area contributed by atoms with Crippen molar-refractivity contribution in [1.29, 1.82) is 0 Å².